The van der Waals surface area contributed by atoms with Gasteiger partial charge in [0.25, 0.3) is 0 Å². The van der Waals surface area contributed by atoms with Gasteiger partial charge in [0.05, 0.1) is 0 Å². The van der Waals surface area contributed by atoms with E-state index in [0.717, 1.165) is 0 Å². The zero-order valence-corrected chi connectivity index (χ0v) is 6.03. The van der Waals surface area contributed by atoms with Crippen LogP contribution in [0.1, 0.15) is 31.7 Å². The molecule has 56 valence electrons. The van der Waals surface area contributed by atoms with Gasteiger partial charge in [-0.25, -0.2) is 0 Å². The number of aromatic nitrogens is 2. The van der Waals surface area contributed by atoms with Crippen LogP contribution in [0.15, 0.2) is 4.52 Å². The minimum atomic E-state index is -0.635. The standard InChI is InChI=1S/C6H10N2O2/c1-3-5-7-6(4(2)9)8-10-5/h4,9H,3H2,1-2H3. The van der Waals surface area contributed by atoms with Gasteiger partial charge in [0.2, 0.25) is 5.89 Å². The number of nitrogens with zero attached hydrogens (tertiary/aromatic N) is 2. The highest BCUT2D eigenvalue weighted by Crippen LogP contribution is 2.06. The molecule has 0 aliphatic heterocycles. The van der Waals surface area contributed by atoms with E-state index in [9.17, 15) is 0 Å². The lowest BCUT2D eigenvalue weighted by molar-refractivity contribution is 0.184. The summed E-state index contributed by atoms with van der Waals surface area (Å²) in [4.78, 5) is 3.90. The lowest BCUT2D eigenvalue weighted by Crippen LogP contribution is -1.93. The smallest absolute Gasteiger partial charge is 0.226 e. The van der Waals surface area contributed by atoms with Gasteiger partial charge in [-0.3, -0.25) is 0 Å². The van der Waals surface area contributed by atoms with Crippen LogP contribution in [-0.2, 0) is 6.42 Å². The monoisotopic (exact) mass is 142 g/mol. The second-order valence-electron chi connectivity index (χ2n) is 2.08. The molecule has 0 saturated carbocycles. The molecule has 4 nitrogen and oxygen atoms in total. The fourth-order valence-electron chi connectivity index (χ4n) is 0.581. The molecule has 0 aromatic carbocycles. The zero-order valence-electron chi connectivity index (χ0n) is 6.03. The lowest BCUT2D eigenvalue weighted by atomic mass is 10.4. The van der Waals surface area contributed by atoms with E-state index in [1.165, 1.54) is 0 Å². The van der Waals surface area contributed by atoms with Crippen molar-refractivity contribution < 1.29 is 9.63 Å². The summed E-state index contributed by atoms with van der Waals surface area (Å²) in [5, 5.41) is 12.5. The first-order chi connectivity index (χ1) is 4.74. The van der Waals surface area contributed by atoms with E-state index in [2.05, 4.69) is 10.1 Å². The molecule has 1 N–H and O–H groups in total. The second kappa shape index (κ2) is 2.79. The van der Waals surface area contributed by atoms with Gasteiger partial charge in [0.1, 0.15) is 6.10 Å². The van der Waals surface area contributed by atoms with Crippen molar-refractivity contribution in [3.63, 3.8) is 0 Å². The topological polar surface area (TPSA) is 59.2 Å². The Morgan fingerprint density at radius 3 is 2.70 bits per heavy atom. The highest BCUT2D eigenvalue weighted by atomic mass is 16.5. The van der Waals surface area contributed by atoms with E-state index in [4.69, 9.17) is 9.63 Å². The fourth-order valence-corrected chi connectivity index (χ4v) is 0.581. The van der Waals surface area contributed by atoms with Gasteiger partial charge in [-0.1, -0.05) is 12.1 Å². The Balaban J connectivity index is 2.78. The minimum absolute atomic E-state index is 0.358. The molecule has 1 unspecified atom stereocenters. The first kappa shape index (κ1) is 7.21. The molecule has 0 aliphatic rings. The Bertz CT molecular complexity index is 207. The summed E-state index contributed by atoms with van der Waals surface area (Å²) < 4.78 is 4.75. The first-order valence-electron chi connectivity index (χ1n) is 3.24. The Labute approximate surface area is 58.9 Å². The van der Waals surface area contributed by atoms with Crippen molar-refractivity contribution >= 4 is 0 Å². The molecule has 0 fully saturated rings. The number of hydrogen-bond donors (Lipinski definition) is 1. The number of rotatable bonds is 2. The van der Waals surface area contributed by atoms with Gasteiger partial charge in [0.15, 0.2) is 5.82 Å². The van der Waals surface area contributed by atoms with Gasteiger partial charge in [-0.05, 0) is 6.92 Å². The summed E-state index contributed by atoms with van der Waals surface area (Å²) in [5.74, 6) is 0.924. The van der Waals surface area contributed by atoms with Crippen molar-refractivity contribution in [1.82, 2.24) is 10.1 Å². The Morgan fingerprint density at radius 1 is 1.70 bits per heavy atom. The van der Waals surface area contributed by atoms with Crippen molar-refractivity contribution in [2.45, 2.75) is 26.4 Å². The van der Waals surface area contributed by atoms with Gasteiger partial charge in [-0.2, -0.15) is 4.98 Å². The van der Waals surface area contributed by atoms with Crippen LogP contribution in [0.3, 0.4) is 0 Å². The van der Waals surface area contributed by atoms with E-state index in [1.54, 1.807) is 6.92 Å². The molecule has 10 heavy (non-hydrogen) atoms. The van der Waals surface area contributed by atoms with E-state index < -0.39 is 6.10 Å². The summed E-state index contributed by atoms with van der Waals surface area (Å²) in [7, 11) is 0. The average molecular weight is 142 g/mol. The van der Waals surface area contributed by atoms with Crippen LogP contribution in [0.5, 0.6) is 0 Å². The van der Waals surface area contributed by atoms with Crippen LogP contribution < -0.4 is 0 Å². The second-order valence-corrected chi connectivity index (χ2v) is 2.08. The van der Waals surface area contributed by atoms with Crippen LogP contribution in [0.2, 0.25) is 0 Å². The molecule has 1 aromatic heterocycles. The number of hydrogen-bond acceptors (Lipinski definition) is 4. The Hall–Kier alpha value is -0.900. The Kier molecular flexibility index (Phi) is 2.01. The molecule has 1 rings (SSSR count). The summed E-state index contributed by atoms with van der Waals surface area (Å²) in [5.41, 5.74) is 0. The molecule has 1 heterocycles. The third-order valence-electron chi connectivity index (χ3n) is 1.16. The van der Waals surface area contributed by atoms with Crippen LogP contribution in [0.25, 0.3) is 0 Å². The third-order valence-corrected chi connectivity index (χ3v) is 1.16. The first-order valence-corrected chi connectivity index (χ1v) is 3.24. The van der Waals surface area contributed by atoms with E-state index in [1.807, 2.05) is 6.92 Å². The number of aliphatic hydroxyl groups is 1. The minimum Gasteiger partial charge on any atom is -0.385 e. The summed E-state index contributed by atoms with van der Waals surface area (Å²) in [6, 6.07) is 0. The molecule has 0 radical (unpaired) electrons. The number of aryl methyl sites for hydroxylation is 1. The maximum Gasteiger partial charge on any atom is 0.226 e. The molecule has 1 atom stereocenters. The quantitative estimate of drug-likeness (QED) is 0.659. The van der Waals surface area contributed by atoms with Gasteiger partial charge < -0.3 is 9.63 Å². The Morgan fingerprint density at radius 2 is 2.40 bits per heavy atom. The van der Waals surface area contributed by atoms with Crippen LogP contribution in [0.4, 0.5) is 0 Å². The predicted molar refractivity (Wildman–Crippen MR) is 34.3 cm³/mol. The van der Waals surface area contributed by atoms with Crippen molar-refractivity contribution in [3.8, 4) is 0 Å². The highest BCUT2D eigenvalue weighted by Gasteiger charge is 2.08. The molecule has 4 heteroatoms. The molecule has 0 amide bonds. The summed E-state index contributed by atoms with van der Waals surface area (Å²) in [6.07, 6.45) is 0.0729. The van der Waals surface area contributed by atoms with Crippen LogP contribution in [-0.4, -0.2) is 15.2 Å². The predicted octanol–water partition coefficient (Wildman–Crippen LogP) is 0.685. The van der Waals surface area contributed by atoms with E-state index >= 15 is 0 Å². The van der Waals surface area contributed by atoms with Crippen molar-refractivity contribution in [1.29, 1.82) is 0 Å². The molecule has 0 bridgehead atoms. The van der Waals surface area contributed by atoms with Crippen LogP contribution in [0, 0.1) is 0 Å². The normalized spacial score (nSPS) is 13.5. The summed E-state index contributed by atoms with van der Waals surface area (Å²) in [6.45, 7) is 3.52. The maximum atomic E-state index is 8.95. The average Bonchev–Trinajstić information content (AvgIpc) is 2.34. The van der Waals surface area contributed by atoms with Crippen molar-refractivity contribution in [2.24, 2.45) is 0 Å². The molecule has 0 aliphatic carbocycles. The largest absolute Gasteiger partial charge is 0.385 e. The molecule has 0 saturated heterocycles. The summed E-state index contributed by atoms with van der Waals surface area (Å²) >= 11 is 0. The molecule has 1 aromatic rings. The highest BCUT2D eigenvalue weighted by molar-refractivity contribution is 4.88. The third kappa shape index (κ3) is 1.33. The molecular formula is C6H10N2O2. The maximum absolute atomic E-state index is 8.95. The fraction of sp³-hybridized carbons (Fsp3) is 0.667. The van der Waals surface area contributed by atoms with Gasteiger partial charge in [-0.15, -0.1) is 0 Å². The SMILES string of the molecule is CCc1nc(C(C)O)no1. The molecular weight excluding hydrogens is 132 g/mol. The van der Waals surface area contributed by atoms with E-state index in [0.29, 0.717) is 18.1 Å². The zero-order chi connectivity index (χ0) is 7.56. The van der Waals surface area contributed by atoms with E-state index in [-0.39, 0.29) is 0 Å². The van der Waals surface area contributed by atoms with Crippen molar-refractivity contribution in [3.05, 3.63) is 11.7 Å². The number of aliphatic hydroxyl groups excluding tert-OH is 1. The van der Waals surface area contributed by atoms with Crippen molar-refractivity contribution in [2.75, 3.05) is 0 Å². The van der Waals surface area contributed by atoms with Gasteiger partial charge in [0, 0.05) is 6.42 Å². The van der Waals surface area contributed by atoms with Gasteiger partial charge >= 0.3 is 0 Å². The van der Waals surface area contributed by atoms with Crippen LogP contribution >= 0.6 is 0 Å². The molecule has 0 spiro atoms. The lowest BCUT2D eigenvalue weighted by Gasteiger charge is -1.91.